The molecule has 0 saturated carbocycles. The molecule has 18 heavy (non-hydrogen) atoms. The first-order chi connectivity index (χ1) is 8.65. The number of ether oxygens (including phenoxy) is 2. The monoisotopic (exact) mass is 251 g/mol. The van der Waals surface area contributed by atoms with Gasteiger partial charge in [0, 0.05) is 18.5 Å². The number of nitrogens with two attached hydrogens (primary N) is 1. The molecular formula is C14H21NO3. The Balaban J connectivity index is 2.53. The molecule has 4 heteroatoms. The van der Waals surface area contributed by atoms with E-state index in [4.69, 9.17) is 15.2 Å². The van der Waals surface area contributed by atoms with Crippen molar-refractivity contribution >= 4 is 0 Å². The highest BCUT2D eigenvalue weighted by Gasteiger charge is 2.23. The van der Waals surface area contributed by atoms with Crippen molar-refractivity contribution in [3.05, 3.63) is 23.3 Å². The third-order valence-corrected chi connectivity index (χ3v) is 3.15. The number of fused-ring (bicyclic) bond motifs is 1. The summed E-state index contributed by atoms with van der Waals surface area (Å²) in [5, 5.41) is 10.0. The van der Waals surface area contributed by atoms with Crippen molar-refractivity contribution in [1.82, 2.24) is 0 Å². The van der Waals surface area contributed by atoms with Gasteiger partial charge in [0.25, 0.3) is 0 Å². The Bertz CT molecular complexity index is 418. The first-order valence-corrected chi connectivity index (χ1v) is 6.45. The normalized spacial score (nSPS) is 16.5. The molecule has 1 aliphatic rings. The lowest BCUT2D eigenvalue weighted by atomic mass is 9.92. The summed E-state index contributed by atoms with van der Waals surface area (Å²) < 4.78 is 11.5. The molecule has 0 aromatic heterocycles. The zero-order valence-electron chi connectivity index (χ0n) is 11.0. The van der Waals surface area contributed by atoms with Crippen molar-refractivity contribution in [2.45, 2.75) is 32.3 Å². The number of aliphatic hydroxyl groups excluding tert-OH is 1. The Morgan fingerprint density at radius 1 is 1.28 bits per heavy atom. The van der Waals surface area contributed by atoms with Gasteiger partial charge in [0.05, 0.1) is 19.3 Å². The number of hydrogen-bond acceptors (Lipinski definition) is 4. The second kappa shape index (κ2) is 5.59. The SMILES string of the molecule is CC(C)c1c(C(O)CN)ccc2c1OCCCO2. The van der Waals surface area contributed by atoms with E-state index in [-0.39, 0.29) is 12.5 Å². The molecule has 0 amide bonds. The van der Waals surface area contributed by atoms with Crippen molar-refractivity contribution in [1.29, 1.82) is 0 Å². The average Bonchev–Trinajstić information content (AvgIpc) is 2.61. The van der Waals surface area contributed by atoms with Gasteiger partial charge in [-0.3, -0.25) is 0 Å². The quantitative estimate of drug-likeness (QED) is 0.862. The van der Waals surface area contributed by atoms with Crippen molar-refractivity contribution in [2.75, 3.05) is 19.8 Å². The second-order valence-electron chi connectivity index (χ2n) is 4.85. The van der Waals surface area contributed by atoms with Gasteiger partial charge in [-0.1, -0.05) is 19.9 Å². The molecule has 1 aromatic rings. The summed E-state index contributed by atoms with van der Waals surface area (Å²) in [7, 11) is 0. The van der Waals surface area contributed by atoms with E-state index in [0.717, 1.165) is 29.0 Å². The van der Waals surface area contributed by atoms with E-state index in [1.54, 1.807) is 0 Å². The van der Waals surface area contributed by atoms with Gasteiger partial charge in [-0.15, -0.1) is 0 Å². The molecule has 0 aliphatic carbocycles. The molecule has 1 unspecified atom stereocenters. The molecule has 0 saturated heterocycles. The third kappa shape index (κ3) is 2.44. The molecule has 1 aromatic carbocycles. The van der Waals surface area contributed by atoms with Gasteiger partial charge in [-0.05, 0) is 17.5 Å². The van der Waals surface area contributed by atoms with E-state index in [2.05, 4.69) is 13.8 Å². The van der Waals surface area contributed by atoms with Crippen LogP contribution in [0.15, 0.2) is 12.1 Å². The van der Waals surface area contributed by atoms with Crippen LogP contribution in [0.4, 0.5) is 0 Å². The van der Waals surface area contributed by atoms with Crippen LogP contribution in [0.2, 0.25) is 0 Å². The standard InChI is InChI=1S/C14H21NO3/c1-9(2)13-10(11(16)8-15)4-5-12-14(13)18-7-3-6-17-12/h4-5,9,11,16H,3,6-8,15H2,1-2H3. The van der Waals surface area contributed by atoms with Gasteiger partial charge in [0.2, 0.25) is 0 Å². The van der Waals surface area contributed by atoms with Crippen LogP contribution in [-0.4, -0.2) is 24.9 Å². The summed E-state index contributed by atoms with van der Waals surface area (Å²) in [5.74, 6) is 1.79. The Morgan fingerprint density at radius 2 is 2.00 bits per heavy atom. The lowest BCUT2D eigenvalue weighted by Crippen LogP contribution is -2.15. The molecule has 100 valence electrons. The summed E-state index contributed by atoms with van der Waals surface area (Å²) in [6, 6.07) is 3.75. The predicted octanol–water partition coefficient (Wildman–Crippen LogP) is 1.96. The molecule has 0 radical (unpaired) electrons. The summed E-state index contributed by atoms with van der Waals surface area (Å²) in [6.45, 7) is 5.69. The molecule has 1 atom stereocenters. The Morgan fingerprint density at radius 3 is 2.67 bits per heavy atom. The van der Waals surface area contributed by atoms with Crippen LogP contribution in [0.25, 0.3) is 0 Å². The number of rotatable bonds is 3. The Labute approximate surface area is 108 Å². The molecule has 0 spiro atoms. The van der Waals surface area contributed by atoms with E-state index in [1.165, 1.54) is 0 Å². The number of hydrogen-bond donors (Lipinski definition) is 2. The number of benzene rings is 1. The summed E-state index contributed by atoms with van der Waals surface area (Å²) >= 11 is 0. The van der Waals surface area contributed by atoms with Gasteiger partial charge in [-0.2, -0.15) is 0 Å². The maximum atomic E-state index is 10.0. The van der Waals surface area contributed by atoms with E-state index >= 15 is 0 Å². The highest BCUT2D eigenvalue weighted by atomic mass is 16.5. The van der Waals surface area contributed by atoms with E-state index in [9.17, 15) is 5.11 Å². The van der Waals surface area contributed by atoms with Crippen LogP contribution in [0, 0.1) is 0 Å². The summed E-state index contributed by atoms with van der Waals surface area (Å²) in [6.07, 6.45) is 0.223. The molecule has 2 rings (SSSR count). The van der Waals surface area contributed by atoms with Crippen LogP contribution < -0.4 is 15.2 Å². The maximum Gasteiger partial charge on any atom is 0.164 e. The minimum atomic E-state index is -0.653. The maximum absolute atomic E-state index is 10.0. The van der Waals surface area contributed by atoms with Gasteiger partial charge in [-0.25, -0.2) is 0 Å². The summed E-state index contributed by atoms with van der Waals surface area (Å²) in [4.78, 5) is 0. The second-order valence-corrected chi connectivity index (χ2v) is 4.85. The van der Waals surface area contributed by atoms with Crippen molar-refractivity contribution in [3.8, 4) is 11.5 Å². The van der Waals surface area contributed by atoms with E-state index in [0.29, 0.717) is 13.2 Å². The minimum absolute atomic E-state index is 0.208. The fourth-order valence-electron chi connectivity index (χ4n) is 2.29. The molecule has 1 heterocycles. The highest BCUT2D eigenvalue weighted by molar-refractivity contribution is 5.53. The molecular weight excluding hydrogens is 230 g/mol. The zero-order chi connectivity index (χ0) is 13.1. The fourth-order valence-corrected chi connectivity index (χ4v) is 2.29. The molecule has 3 N–H and O–H groups in total. The first-order valence-electron chi connectivity index (χ1n) is 6.45. The topological polar surface area (TPSA) is 64.7 Å². The van der Waals surface area contributed by atoms with Gasteiger partial charge in [0.15, 0.2) is 11.5 Å². The van der Waals surface area contributed by atoms with E-state index < -0.39 is 6.10 Å². The van der Waals surface area contributed by atoms with Gasteiger partial charge >= 0.3 is 0 Å². The highest BCUT2D eigenvalue weighted by Crippen LogP contribution is 2.41. The van der Waals surface area contributed by atoms with Crippen LogP contribution in [0.5, 0.6) is 11.5 Å². The van der Waals surface area contributed by atoms with Crippen LogP contribution in [-0.2, 0) is 0 Å². The zero-order valence-corrected chi connectivity index (χ0v) is 11.0. The largest absolute Gasteiger partial charge is 0.490 e. The molecule has 0 fully saturated rings. The first kappa shape index (κ1) is 13.2. The molecule has 0 bridgehead atoms. The van der Waals surface area contributed by atoms with Crippen LogP contribution in [0.3, 0.4) is 0 Å². The van der Waals surface area contributed by atoms with Gasteiger partial charge in [0.1, 0.15) is 0 Å². The molecule has 1 aliphatic heterocycles. The average molecular weight is 251 g/mol. The third-order valence-electron chi connectivity index (χ3n) is 3.15. The van der Waals surface area contributed by atoms with Crippen molar-refractivity contribution in [3.63, 3.8) is 0 Å². The van der Waals surface area contributed by atoms with Crippen LogP contribution >= 0.6 is 0 Å². The lowest BCUT2D eigenvalue weighted by Gasteiger charge is -2.21. The van der Waals surface area contributed by atoms with Gasteiger partial charge < -0.3 is 20.3 Å². The smallest absolute Gasteiger partial charge is 0.164 e. The van der Waals surface area contributed by atoms with E-state index in [1.807, 2.05) is 12.1 Å². The predicted molar refractivity (Wildman–Crippen MR) is 70.2 cm³/mol. The lowest BCUT2D eigenvalue weighted by molar-refractivity contribution is 0.184. The molecule has 4 nitrogen and oxygen atoms in total. The summed E-state index contributed by atoms with van der Waals surface area (Å²) in [5.41, 5.74) is 7.41. The minimum Gasteiger partial charge on any atom is -0.490 e. The number of aliphatic hydroxyl groups is 1. The van der Waals surface area contributed by atoms with Crippen LogP contribution in [0.1, 0.15) is 43.4 Å². The fraction of sp³-hybridized carbons (Fsp3) is 0.571. The Hall–Kier alpha value is -1.26. The Kier molecular flexibility index (Phi) is 4.09. The van der Waals surface area contributed by atoms with Crippen molar-refractivity contribution < 1.29 is 14.6 Å². The van der Waals surface area contributed by atoms with Crippen molar-refractivity contribution in [2.24, 2.45) is 5.73 Å².